The van der Waals surface area contributed by atoms with Crippen LogP contribution in [0.4, 0.5) is 0 Å². The van der Waals surface area contributed by atoms with Crippen molar-refractivity contribution in [2.45, 2.75) is 12.5 Å². The highest BCUT2D eigenvalue weighted by atomic mass is 16.5. The fourth-order valence-corrected chi connectivity index (χ4v) is 3.45. The van der Waals surface area contributed by atoms with Gasteiger partial charge >= 0.3 is 0 Å². The van der Waals surface area contributed by atoms with E-state index in [1.807, 2.05) is 30.3 Å². The minimum Gasteiger partial charge on any atom is -0.504 e. The second kappa shape index (κ2) is 5.35. The molecule has 0 saturated carbocycles. The predicted molar refractivity (Wildman–Crippen MR) is 91.9 cm³/mol. The van der Waals surface area contributed by atoms with E-state index >= 15 is 0 Å². The number of H-pyrrole nitrogens is 1. The van der Waals surface area contributed by atoms with Gasteiger partial charge in [-0.3, -0.25) is 0 Å². The lowest BCUT2D eigenvalue weighted by Gasteiger charge is -2.25. The number of hydrogen-bond acceptors (Lipinski definition) is 3. The number of benzene rings is 2. The number of aromatic amines is 1. The molecule has 1 aromatic heterocycles. The third kappa shape index (κ3) is 2.20. The number of phenols is 1. The maximum atomic E-state index is 10.5. The number of methoxy groups -OCH3 is 1. The van der Waals surface area contributed by atoms with Gasteiger partial charge in [-0.05, 0) is 24.1 Å². The SMILES string of the molecule is [B]c1ccc2[nH]c3c(c2c1)CCNC3c1cccc(OC)c1O. The molecule has 2 heterocycles. The first-order valence-electron chi connectivity index (χ1n) is 7.68. The first kappa shape index (κ1) is 14.2. The van der Waals surface area contributed by atoms with Gasteiger partial charge in [-0.1, -0.05) is 29.7 Å². The summed E-state index contributed by atoms with van der Waals surface area (Å²) in [6.07, 6.45) is 0.931. The van der Waals surface area contributed by atoms with Crippen molar-refractivity contribution in [2.75, 3.05) is 13.7 Å². The van der Waals surface area contributed by atoms with Crippen molar-refractivity contribution in [2.24, 2.45) is 0 Å². The molecule has 1 atom stereocenters. The lowest BCUT2D eigenvalue weighted by molar-refractivity contribution is 0.367. The maximum Gasteiger partial charge on any atom is 0.162 e. The smallest absolute Gasteiger partial charge is 0.162 e. The van der Waals surface area contributed by atoms with E-state index in [4.69, 9.17) is 12.6 Å². The average molecular weight is 304 g/mol. The third-order valence-corrected chi connectivity index (χ3v) is 4.54. The molecular weight excluding hydrogens is 287 g/mol. The van der Waals surface area contributed by atoms with Gasteiger partial charge in [0.2, 0.25) is 0 Å². The van der Waals surface area contributed by atoms with Crippen molar-refractivity contribution in [3.05, 3.63) is 53.2 Å². The van der Waals surface area contributed by atoms with Crippen LogP contribution in [0.2, 0.25) is 0 Å². The minimum absolute atomic E-state index is 0.0949. The lowest BCUT2D eigenvalue weighted by Crippen LogP contribution is -2.30. The van der Waals surface area contributed by atoms with E-state index in [0.717, 1.165) is 40.6 Å². The van der Waals surface area contributed by atoms with Crippen LogP contribution in [0.1, 0.15) is 22.9 Å². The van der Waals surface area contributed by atoms with Crippen molar-refractivity contribution in [1.82, 2.24) is 10.3 Å². The predicted octanol–water partition coefficient (Wildman–Crippen LogP) is 1.91. The van der Waals surface area contributed by atoms with E-state index in [1.54, 1.807) is 13.2 Å². The molecule has 1 unspecified atom stereocenters. The molecule has 4 rings (SSSR count). The minimum atomic E-state index is -0.0949. The Hall–Kier alpha value is -2.40. The van der Waals surface area contributed by atoms with Crippen LogP contribution in [0.25, 0.3) is 10.9 Å². The van der Waals surface area contributed by atoms with Gasteiger partial charge in [0.05, 0.1) is 13.2 Å². The first-order chi connectivity index (χ1) is 11.2. The first-order valence-corrected chi connectivity index (χ1v) is 7.68. The molecule has 3 aromatic rings. The van der Waals surface area contributed by atoms with Gasteiger partial charge in [0.1, 0.15) is 7.85 Å². The molecule has 2 radical (unpaired) electrons. The topological polar surface area (TPSA) is 57.3 Å². The molecule has 5 heteroatoms. The summed E-state index contributed by atoms with van der Waals surface area (Å²) in [6.45, 7) is 0.843. The fourth-order valence-electron chi connectivity index (χ4n) is 3.45. The summed E-state index contributed by atoms with van der Waals surface area (Å²) in [6, 6.07) is 11.4. The number of ether oxygens (including phenoxy) is 1. The van der Waals surface area contributed by atoms with Crippen LogP contribution in [0.15, 0.2) is 36.4 Å². The number of nitrogens with one attached hydrogen (secondary N) is 2. The Kier molecular flexibility index (Phi) is 3.31. The molecule has 0 saturated heterocycles. The van der Waals surface area contributed by atoms with E-state index in [0.29, 0.717) is 5.75 Å². The number of fused-ring (bicyclic) bond motifs is 3. The molecule has 1 aliphatic rings. The zero-order valence-corrected chi connectivity index (χ0v) is 12.9. The van der Waals surface area contributed by atoms with Crippen LogP contribution in [0, 0.1) is 0 Å². The standard InChI is InChI=1S/C18H17BN2O2/c1-23-15-4-2-3-12(18(15)22)16-17-11(7-8-20-16)13-9-10(19)5-6-14(13)21-17/h2-6,9,16,20-22H,7-8H2,1H3. The summed E-state index contributed by atoms with van der Waals surface area (Å²) < 4.78 is 5.23. The zero-order valence-electron chi connectivity index (χ0n) is 12.9. The van der Waals surface area contributed by atoms with Crippen LogP contribution >= 0.6 is 0 Å². The molecule has 114 valence electrons. The molecule has 0 fully saturated rings. The quantitative estimate of drug-likeness (QED) is 0.634. The number of aromatic hydroxyl groups is 1. The summed E-state index contributed by atoms with van der Waals surface area (Å²) in [4.78, 5) is 3.49. The third-order valence-electron chi connectivity index (χ3n) is 4.54. The zero-order chi connectivity index (χ0) is 16.0. The van der Waals surface area contributed by atoms with Gasteiger partial charge in [-0.25, -0.2) is 0 Å². The number of aromatic nitrogens is 1. The van der Waals surface area contributed by atoms with E-state index in [2.05, 4.69) is 10.3 Å². The van der Waals surface area contributed by atoms with Crippen LogP contribution in [-0.2, 0) is 6.42 Å². The summed E-state index contributed by atoms with van der Waals surface area (Å²) >= 11 is 0. The fraction of sp³-hybridized carbons (Fsp3) is 0.222. The molecule has 2 aromatic carbocycles. The highest BCUT2D eigenvalue weighted by Gasteiger charge is 2.27. The Balaban J connectivity index is 1.90. The Morgan fingerprint density at radius 2 is 2.13 bits per heavy atom. The maximum absolute atomic E-state index is 10.5. The molecule has 23 heavy (non-hydrogen) atoms. The van der Waals surface area contributed by atoms with E-state index < -0.39 is 0 Å². The van der Waals surface area contributed by atoms with Crippen LogP contribution in [0.3, 0.4) is 0 Å². The molecular formula is C18H17BN2O2. The molecule has 4 nitrogen and oxygen atoms in total. The van der Waals surface area contributed by atoms with Gasteiger partial charge in [0.15, 0.2) is 11.5 Å². The van der Waals surface area contributed by atoms with Crippen molar-refractivity contribution in [3.63, 3.8) is 0 Å². The van der Waals surface area contributed by atoms with E-state index in [-0.39, 0.29) is 11.8 Å². The van der Waals surface area contributed by atoms with Crippen molar-refractivity contribution in [3.8, 4) is 11.5 Å². The number of hydrogen-bond donors (Lipinski definition) is 3. The van der Waals surface area contributed by atoms with Gasteiger partial charge in [-0.15, -0.1) is 0 Å². The van der Waals surface area contributed by atoms with E-state index in [1.165, 1.54) is 5.56 Å². The largest absolute Gasteiger partial charge is 0.504 e. The van der Waals surface area contributed by atoms with Crippen LogP contribution in [-0.4, -0.2) is 31.6 Å². The summed E-state index contributed by atoms with van der Waals surface area (Å²) in [5, 5.41) is 15.1. The Labute approximate surface area is 135 Å². The molecule has 0 aliphatic carbocycles. The van der Waals surface area contributed by atoms with Gasteiger partial charge in [0, 0.05) is 28.7 Å². The number of phenolic OH excluding ortho intramolecular Hbond substituents is 1. The van der Waals surface area contributed by atoms with Gasteiger partial charge < -0.3 is 20.1 Å². The molecule has 3 N–H and O–H groups in total. The van der Waals surface area contributed by atoms with Gasteiger partial charge in [0.25, 0.3) is 0 Å². The second-order valence-corrected chi connectivity index (χ2v) is 5.86. The lowest BCUT2D eigenvalue weighted by atomic mass is 9.91. The summed E-state index contributed by atoms with van der Waals surface area (Å²) in [5.41, 5.74) is 4.99. The highest BCUT2D eigenvalue weighted by molar-refractivity contribution is 6.33. The van der Waals surface area contributed by atoms with Crippen LogP contribution in [0.5, 0.6) is 11.5 Å². The van der Waals surface area contributed by atoms with Crippen molar-refractivity contribution < 1.29 is 9.84 Å². The van der Waals surface area contributed by atoms with Crippen LogP contribution < -0.4 is 15.5 Å². The Morgan fingerprint density at radius 1 is 1.26 bits per heavy atom. The van der Waals surface area contributed by atoms with E-state index in [9.17, 15) is 5.11 Å². The Bertz CT molecular complexity index is 888. The summed E-state index contributed by atoms with van der Waals surface area (Å²) in [7, 11) is 7.50. The van der Waals surface area contributed by atoms with Crippen molar-refractivity contribution in [1.29, 1.82) is 0 Å². The average Bonchev–Trinajstić information content (AvgIpc) is 2.93. The second-order valence-electron chi connectivity index (χ2n) is 5.86. The molecule has 0 spiro atoms. The van der Waals surface area contributed by atoms with Gasteiger partial charge in [-0.2, -0.15) is 0 Å². The highest BCUT2D eigenvalue weighted by Crippen LogP contribution is 2.39. The molecule has 1 aliphatic heterocycles. The number of para-hydroxylation sites is 1. The van der Waals surface area contributed by atoms with Crippen molar-refractivity contribution >= 4 is 24.2 Å². The number of rotatable bonds is 2. The monoisotopic (exact) mass is 304 g/mol. The Morgan fingerprint density at radius 3 is 2.96 bits per heavy atom. The molecule has 0 amide bonds. The molecule has 0 bridgehead atoms. The normalized spacial score (nSPS) is 17.2. The summed E-state index contributed by atoms with van der Waals surface area (Å²) in [5.74, 6) is 0.662.